The molecule has 4 rings (SSSR count). The number of aryl methyl sites for hydroxylation is 2. The summed E-state index contributed by atoms with van der Waals surface area (Å²) in [4.78, 5) is 26.5. The molecule has 8 nitrogen and oxygen atoms in total. The van der Waals surface area contributed by atoms with Gasteiger partial charge in [0.2, 0.25) is 5.91 Å². The van der Waals surface area contributed by atoms with Crippen molar-refractivity contribution in [3.05, 3.63) is 58.5 Å². The number of carbonyl (C=O) groups excluding carboxylic acids is 2. The maximum atomic E-state index is 12.7. The zero-order valence-corrected chi connectivity index (χ0v) is 17.5. The van der Waals surface area contributed by atoms with Gasteiger partial charge in [-0.05, 0) is 37.5 Å². The van der Waals surface area contributed by atoms with Gasteiger partial charge >= 0.3 is 0 Å². The lowest BCUT2D eigenvalue weighted by Gasteiger charge is -2.18. The molecule has 3 aromatic rings. The molecule has 1 aliphatic heterocycles. The smallest absolute Gasteiger partial charge is 0.269 e. The van der Waals surface area contributed by atoms with Gasteiger partial charge in [-0.15, -0.1) is 0 Å². The molecule has 2 amide bonds. The number of H-pyrrole nitrogens is 1. The van der Waals surface area contributed by atoms with Gasteiger partial charge in [0.1, 0.15) is 5.69 Å². The summed E-state index contributed by atoms with van der Waals surface area (Å²) in [5.74, 6) is -0.0279. The van der Waals surface area contributed by atoms with Gasteiger partial charge in [0.25, 0.3) is 5.91 Å². The van der Waals surface area contributed by atoms with E-state index in [2.05, 4.69) is 20.6 Å². The number of hydrogen-bond donors (Lipinski definition) is 2. The van der Waals surface area contributed by atoms with Crippen molar-refractivity contribution in [2.75, 3.05) is 6.54 Å². The molecule has 1 saturated heterocycles. The van der Waals surface area contributed by atoms with Crippen molar-refractivity contribution >= 4 is 11.8 Å². The number of aromatic nitrogens is 4. The van der Waals surface area contributed by atoms with Crippen LogP contribution >= 0.6 is 0 Å². The first-order valence-electron chi connectivity index (χ1n) is 10.1. The molecule has 1 fully saturated rings. The van der Waals surface area contributed by atoms with Crippen molar-refractivity contribution in [3.63, 3.8) is 0 Å². The predicted octanol–water partition coefficient (Wildman–Crippen LogP) is 2.48. The average Bonchev–Trinajstić information content (AvgIpc) is 3.42. The average molecular weight is 406 g/mol. The van der Waals surface area contributed by atoms with E-state index in [0.717, 1.165) is 41.0 Å². The van der Waals surface area contributed by atoms with Crippen molar-refractivity contribution in [2.24, 2.45) is 7.05 Å². The zero-order valence-electron chi connectivity index (χ0n) is 17.5. The van der Waals surface area contributed by atoms with E-state index in [1.54, 1.807) is 10.7 Å². The maximum absolute atomic E-state index is 12.7. The molecule has 1 aliphatic rings. The van der Waals surface area contributed by atoms with E-state index < -0.39 is 0 Å². The van der Waals surface area contributed by atoms with Crippen LogP contribution in [-0.4, -0.2) is 43.2 Å². The fraction of sp³-hybridized carbons (Fsp3) is 0.364. The van der Waals surface area contributed by atoms with Crippen LogP contribution < -0.4 is 5.32 Å². The highest BCUT2D eigenvalue weighted by Gasteiger charge is 2.21. The van der Waals surface area contributed by atoms with E-state index in [1.807, 2.05) is 50.1 Å². The van der Waals surface area contributed by atoms with Crippen LogP contribution in [-0.2, 0) is 24.9 Å². The van der Waals surface area contributed by atoms with Crippen LogP contribution in [0.4, 0.5) is 0 Å². The molecule has 156 valence electrons. The molecular formula is C22H26N6O2. The molecule has 0 atom stereocenters. The first kappa shape index (κ1) is 19.9. The van der Waals surface area contributed by atoms with Crippen LogP contribution in [0, 0.1) is 13.8 Å². The number of likely N-dealkylation sites (tertiary alicyclic amines) is 1. The van der Waals surface area contributed by atoms with E-state index in [9.17, 15) is 9.59 Å². The highest BCUT2D eigenvalue weighted by molar-refractivity contribution is 5.93. The van der Waals surface area contributed by atoms with Crippen molar-refractivity contribution in [1.29, 1.82) is 0 Å². The fourth-order valence-corrected chi connectivity index (χ4v) is 3.94. The molecule has 0 spiro atoms. The molecule has 0 radical (unpaired) electrons. The van der Waals surface area contributed by atoms with Gasteiger partial charge in [0, 0.05) is 44.4 Å². The third kappa shape index (κ3) is 3.85. The minimum absolute atomic E-state index is 0.194. The lowest BCUT2D eigenvalue weighted by Crippen LogP contribution is -2.27. The summed E-state index contributed by atoms with van der Waals surface area (Å²) in [7, 11) is 1.89. The summed E-state index contributed by atoms with van der Waals surface area (Å²) < 4.78 is 1.81. The number of aromatic amines is 1. The van der Waals surface area contributed by atoms with Gasteiger partial charge in [-0.2, -0.15) is 10.2 Å². The number of nitrogens with one attached hydrogen (secondary N) is 2. The molecule has 0 unspecified atom stereocenters. The Morgan fingerprint density at radius 3 is 2.67 bits per heavy atom. The van der Waals surface area contributed by atoms with Crippen molar-refractivity contribution < 1.29 is 9.59 Å². The maximum Gasteiger partial charge on any atom is 0.269 e. The Labute approximate surface area is 175 Å². The Morgan fingerprint density at radius 1 is 1.23 bits per heavy atom. The lowest BCUT2D eigenvalue weighted by atomic mass is 10.1. The molecular weight excluding hydrogens is 380 g/mol. The minimum Gasteiger partial charge on any atom is -0.347 e. The first-order chi connectivity index (χ1) is 14.4. The molecule has 1 aromatic carbocycles. The number of carbonyl (C=O) groups is 2. The third-order valence-electron chi connectivity index (χ3n) is 5.68. The van der Waals surface area contributed by atoms with Gasteiger partial charge in [0.15, 0.2) is 0 Å². The molecule has 0 bridgehead atoms. The SMILES string of the molecule is Cc1nn(C)c(C)c1-c1cc(C(=O)NCc2ccccc2CN2CCCC2=O)[nH]n1. The molecule has 8 heteroatoms. The molecule has 30 heavy (non-hydrogen) atoms. The molecule has 2 aromatic heterocycles. The molecule has 0 aliphatic carbocycles. The van der Waals surface area contributed by atoms with E-state index in [-0.39, 0.29) is 11.8 Å². The summed E-state index contributed by atoms with van der Waals surface area (Å²) in [6.07, 6.45) is 1.53. The normalized spacial score (nSPS) is 13.8. The second-order valence-electron chi connectivity index (χ2n) is 7.71. The number of nitrogens with zero attached hydrogens (tertiary/aromatic N) is 4. The Balaban J connectivity index is 1.45. The predicted molar refractivity (Wildman–Crippen MR) is 113 cm³/mol. The van der Waals surface area contributed by atoms with Crippen LogP contribution in [0.3, 0.4) is 0 Å². The van der Waals surface area contributed by atoms with E-state index in [0.29, 0.717) is 30.9 Å². The topological polar surface area (TPSA) is 95.9 Å². The largest absolute Gasteiger partial charge is 0.347 e. The Kier molecular flexibility index (Phi) is 5.39. The summed E-state index contributed by atoms with van der Waals surface area (Å²) in [5.41, 5.74) is 5.98. The molecule has 2 N–H and O–H groups in total. The van der Waals surface area contributed by atoms with Gasteiger partial charge in [-0.3, -0.25) is 19.4 Å². The van der Waals surface area contributed by atoms with Gasteiger partial charge in [-0.1, -0.05) is 24.3 Å². The summed E-state index contributed by atoms with van der Waals surface area (Å²) in [6, 6.07) is 9.65. The lowest BCUT2D eigenvalue weighted by molar-refractivity contribution is -0.128. The number of amides is 2. The highest BCUT2D eigenvalue weighted by Crippen LogP contribution is 2.25. The van der Waals surface area contributed by atoms with Gasteiger partial charge in [-0.25, -0.2) is 0 Å². The highest BCUT2D eigenvalue weighted by atomic mass is 16.2. The van der Waals surface area contributed by atoms with Crippen molar-refractivity contribution in [2.45, 2.75) is 39.8 Å². The summed E-state index contributed by atoms with van der Waals surface area (Å²) >= 11 is 0. The monoisotopic (exact) mass is 406 g/mol. The number of hydrogen-bond acceptors (Lipinski definition) is 4. The van der Waals surface area contributed by atoms with Crippen LogP contribution in [0.25, 0.3) is 11.3 Å². The first-order valence-corrected chi connectivity index (χ1v) is 10.1. The molecule has 0 saturated carbocycles. The number of rotatable bonds is 6. The quantitative estimate of drug-likeness (QED) is 0.657. The third-order valence-corrected chi connectivity index (χ3v) is 5.68. The fourth-order valence-electron chi connectivity index (χ4n) is 3.94. The summed E-state index contributed by atoms with van der Waals surface area (Å²) in [6.45, 7) is 5.67. The Morgan fingerprint density at radius 2 is 2.00 bits per heavy atom. The summed E-state index contributed by atoms with van der Waals surface area (Å²) in [5, 5.41) is 14.5. The standard InChI is InChI=1S/C22H26N6O2/c1-14-21(15(2)27(3)26-14)18-11-19(25-24-18)22(30)23-12-16-7-4-5-8-17(16)13-28-10-6-9-20(28)29/h4-5,7-8,11H,6,9-10,12-13H2,1-3H3,(H,23,30)(H,24,25). The molecule has 3 heterocycles. The van der Waals surface area contributed by atoms with Gasteiger partial charge < -0.3 is 10.2 Å². The van der Waals surface area contributed by atoms with Crippen LogP contribution in [0.2, 0.25) is 0 Å². The van der Waals surface area contributed by atoms with Crippen molar-refractivity contribution in [1.82, 2.24) is 30.2 Å². The van der Waals surface area contributed by atoms with Crippen LogP contribution in [0.15, 0.2) is 30.3 Å². The van der Waals surface area contributed by atoms with Crippen LogP contribution in [0.5, 0.6) is 0 Å². The zero-order chi connectivity index (χ0) is 21.3. The van der Waals surface area contributed by atoms with Crippen molar-refractivity contribution in [3.8, 4) is 11.3 Å². The minimum atomic E-state index is -0.222. The second-order valence-corrected chi connectivity index (χ2v) is 7.71. The van der Waals surface area contributed by atoms with E-state index in [1.165, 1.54) is 0 Å². The Hall–Kier alpha value is -3.42. The Bertz CT molecular complexity index is 1100. The van der Waals surface area contributed by atoms with E-state index >= 15 is 0 Å². The van der Waals surface area contributed by atoms with Crippen LogP contribution in [0.1, 0.15) is 45.8 Å². The second kappa shape index (κ2) is 8.14. The van der Waals surface area contributed by atoms with Gasteiger partial charge in [0.05, 0.1) is 11.4 Å². The number of benzene rings is 1. The van der Waals surface area contributed by atoms with E-state index in [4.69, 9.17) is 0 Å².